The number of carbonyl (C=O) groups is 3. The van der Waals surface area contributed by atoms with E-state index in [1.807, 2.05) is 29.2 Å². The molecule has 0 aliphatic carbocycles. The second-order valence-electron chi connectivity index (χ2n) is 10.0. The number of likely N-dealkylation sites (tertiary alicyclic amines) is 1. The number of hydrogen-bond acceptors (Lipinski definition) is 6. The maximum atomic E-state index is 14.0. The molecule has 0 aromatic heterocycles. The maximum absolute atomic E-state index is 14.0. The molecule has 3 aliphatic rings. The molecule has 38 heavy (non-hydrogen) atoms. The van der Waals surface area contributed by atoms with Crippen molar-refractivity contribution in [3.63, 3.8) is 0 Å². The summed E-state index contributed by atoms with van der Waals surface area (Å²) in [7, 11) is 0. The summed E-state index contributed by atoms with van der Waals surface area (Å²) < 4.78 is 25.6. The highest BCUT2D eigenvalue weighted by atomic mass is 19.1. The van der Waals surface area contributed by atoms with Crippen LogP contribution >= 0.6 is 0 Å². The third-order valence-electron chi connectivity index (χ3n) is 7.26. The number of rotatable bonds is 2. The predicted octanol–water partition coefficient (Wildman–Crippen LogP) is 1.96. The zero-order valence-corrected chi connectivity index (χ0v) is 21.3. The Bertz CT molecular complexity index is 1190. The van der Waals surface area contributed by atoms with Crippen LogP contribution in [0.1, 0.15) is 35.2 Å². The van der Waals surface area contributed by atoms with Gasteiger partial charge in [0.15, 0.2) is 0 Å². The van der Waals surface area contributed by atoms with Crippen LogP contribution in [0.3, 0.4) is 0 Å². The van der Waals surface area contributed by atoms with Crippen LogP contribution in [0.15, 0.2) is 42.5 Å². The lowest BCUT2D eigenvalue weighted by Crippen LogP contribution is -2.49. The lowest BCUT2D eigenvalue weighted by molar-refractivity contribution is -0.134. The highest BCUT2D eigenvalue weighted by molar-refractivity contribution is 5.97. The fraction of sp³-hybridized carbons (Fsp3) is 0.464. The molecular formula is C28H33FN4O5. The number of benzene rings is 2. The average Bonchev–Trinajstić information content (AvgIpc) is 3.24. The van der Waals surface area contributed by atoms with Crippen LogP contribution in [0, 0.1) is 11.7 Å². The van der Waals surface area contributed by atoms with Crippen LogP contribution in [0.5, 0.6) is 11.5 Å². The van der Waals surface area contributed by atoms with E-state index >= 15 is 0 Å². The normalized spacial score (nSPS) is 22.8. The minimum atomic E-state index is -0.531. The number of nitrogens with one attached hydrogen (secondary N) is 2. The van der Waals surface area contributed by atoms with Gasteiger partial charge in [-0.3, -0.25) is 19.3 Å². The Balaban J connectivity index is 1.34. The van der Waals surface area contributed by atoms with Gasteiger partial charge in [-0.1, -0.05) is 18.2 Å². The van der Waals surface area contributed by atoms with Crippen molar-refractivity contribution in [1.29, 1.82) is 0 Å². The molecule has 9 nitrogen and oxygen atoms in total. The first-order valence-corrected chi connectivity index (χ1v) is 13.2. The van der Waals surface area contributed by atoms with Crippen LogP contribution in [-0.2, 0) is 16.1 Å². The third-order valence-corrected chi connectivity index (χ3v) is 7.26. The van der Waals surface area contributed by atoms with Crippen molar-refractivity contribution in [3.8, 4) is 11.5 Å². The molecule has 0 radical (unpaired) electrons. The summed E-state index contributed by atoms with van der Waals surface area (Å²) in [6.45, 7) is 3.06. The molecular weight excluding hydrogens is 491 g/mol. The topological polar surface area (TPSA) is 100 Å². The summed E-state index contributed by atoms with van der Waals surface area (Å²) in [6, 6.07) is 11.3. The molecule has 2 N–H and O–H groups in total. The van der Waals surface area contributed by atoms with Gasteiger partial charge in [0.25, 0.3) is 5.91 Å². The molecule has 3 aliphatic heterocycles. The van der Waals surface area contributed by atoms with Gasteiger partial charge in [0.2, 0.25) is 11.8 Å². The number of ether oxygens (including phenoxy) is 2. The summed E-state index contributed by atoms with van der Waals surface area (Å²) in [4.78, 5) is 43.5. The van der Waals surface area contributed by atoms with E-state index in [-0.39, 0.29) is 55.3 Å². The number of nitrogens with zero attached hydrogens (tertiary/aromatic N) is 2. The molecule has 0 saturated carbocycles. The van der Waals surface area contributed by atoms with Crippen molar-refractivity contribution in [2.24, 2.45) is 5.92 Å². The summed E-state index contributed by atoms with van der Waals surface area (Å²) in [5.74, 6) is -0.476. The molecule has 10 heteroatoms. The van der Waals surface area contributed by atoms with Crippen LogP contribution in [0.25, 0.3) is 0 Å². The van der Waals surface area contributed by atoms with E-state index in [1.54, 1.807) is 4.90 Å². The molecule has 202 valence electrons. The van der Waals surface area contributed by atoms with Crippen molar-refractivity contribution in [3.05, 3.63) is 59.4 Å². The molecule has 0 unspecified atom stereocenters. The molecule has 0 spiro atoms. The summed E-state index contributed by atoms with van der Waals surface area (Å²) in [5.41, 5.74) is 1.14. The lowest BCUT2D eigenvalue weighted by atomic mass is 10.0. The van der Waals surface area contributed by atoms with E-state index < -0.39 is 17.8 Å². The fourth-order valence-electron chi connectivity index (χ4n) is 5.21. The number of halogens is 1. The molecule has 5 rings (SSSR count). The number of carbonyl (C=O) groups excluding carboxylic acids is 3. The Hall–Kier alpha value is -3.66. The largest absolute Gasteiger partial charge is 0.493 e. The van der Waals surface area contributed by atoms with Crippen molar-refractivity contribution in [2.45, 2.75) is 31.8 Å². The molecule has 2 bridgehead atoms. The first-order chi connectivity index (χ1) is 18.5. The Morgan fingerprint density at radius 3 is 2.76 bits per heavy atom. The number of fused-ring (bicyclic) bond motifs is 5. The van der Waals surface area contributed by atoms with E-state index in [9.17, 15) is 18.8 Å². The number of hydrogen-bond donors (Lipinski definition) is 2. The molecule has 1 fully saturated rings. The fourth-order valence-corrected chi connectivity index (χ4v) is 5.21. The Kier molecular flexibility index (Phi) is 8.07. The number of amides is 3. The van der Waals surface area contributed by atoms with Gasteiger partial charge >= 0.3 is 0 Å². The minimum Gasteiger partial charge on any atom is -0.493 e. The predicted molar refractivity (Wildman–Crippen MR) is 137 cm³/mol. The highest BCUT2D eigenvalue weighted by Crippen LogP contribution is 2.24. The minimum absolute atomic E-state index is 0.105. The molecule has 1 saturated heterocycles. The van der Waals surface area contributed by atoms with E-state index in [0.717, 1.165) is 11.3 Å². The first kappa shape index (κ1) is 26.0. The maximum Gasteiger partial charge on any atom is 0.255 e. The zero-order valence-electron chi connectivity index (χ0n) is 21.3. The Morgan fingerprint density at radius 1 is 1.03 bits per heavy atom. The first-order valence-electron chi connectivity index (χ1n) is 13.2. The van der Waals surface area contributed by atoms with Gasteiger partial charge < -0.3 is 25.0 Å². The summed E-state index contributed by atoms with van der Waals surface area (Å²) >= 11 is 0. The molecule has 2 aromatic rings. The van der Waals surface area contributed by atoms with Gasteiger partial charge in [0.1, 0.15) is 23.9 Å². The quantitative estimate of drug-likeness (QED) is 0.623. The van der Waals surface area contributed by atoms with Crippen LogP contribution in [-0.4, -0.2) is 79.5 Å². The molecule has 2 aromatic carbocycles. The Morgan fingerprint density at radius 2 is 1.87 bits per heavy atom. The molecule has 2 atom stereocenters. The van der Waals surface area contributed by atoms with Crippen molar-refractivity contribution in [2.75, 3.05) is 45.9 Å². The standard InChI is InChI=1S/C28H33FN4O5/c29-21-7-9-25-23(14-21)28(36)31-22-8-6-20(27(35)30-10-3-12-37-25)16-33(17-22)26(34)18-32-11-13-38-24-5-2-1-4-19(24)15-32/h1-2,4-5,7,9,14,20,22H,3,6,8,10-13,15-18H2,(H,30,35)(H,31,36)/t20-,22+/m0/s1. The number of para-hydroxylation sites is 1. The van der Waals surface area contributed by atoms with Gasteiger partial charge in [0.05, 0.1) is 24.6 Å². The monoisotopic (exact) mass is 524 g/mol. The highest BCUT2D eigenvalue weighted by Gasteiger charge is 2.33. The molecule has 3 heterocycles. The van der Waals surface area contributed by atoms with E-state index in [1.165, 1.54) is 18.2 Å². The van der Waals surface area contributed by atoms with Crippen LogP contribution in [0.4, 0.5) is 4.39 Å². The van der Waals surface area contributed by atoms with E-state index in [0.29, 0.717) is 45.5 Å². The smallest absolute Gasteiger partial charge is 0.255 e. The summed E-state index contributed by atoms with van der Waals surface area (Å²) in [6.07, 6.45) is 1.57. The van der Waals surface area contributed by atoms with Gasteiger partial charge in [-0.2, -0.15) is 0 Å². The zero-order chi connectivity index (χ0) is 26.5. The second-order valence-corrected chi connectivity index (χ2v) is 10.0. The van der Waals surface area contributed by atoms with Crippen molar-refractivity contribution < 1.29 is 28.2 Å². The SMILES string of the molecule is O=C1N[C@@H]2CC[C@@H](CN(C(=O)CN3CCOc4ccccc4C3)C2)C(=O)NCCCOc2ccc(F)cc21. The van der Waals surface area contributed by atoms with Crippen molar-refractivity contribution in [1.82, 2.24) is 20.4 Å². The second kappa shape index (κ2) is 11.8. The lowest BCUT2D eigenvalue weighted by Gasteiger charge is -2.29. The van der Waals surface area contributed by atoms with Crippen LogP contribution < -0.4 is 20.1 Å². The van der Waals surface area contributed by atoms with Crippen LogP contribution in [0.2, 0.25) is 0 Å². The van der Waals surface area contributed by atoms with Gasteiger partial charge in [-0.05, 0) is 43.5 Å². The van der Waals surface area contributed by atoms with Gasteiger partial charge in [-0.15, -0.1) is 0 Å². The molecule has 3 amide bonds. The summed E-state index contributed by atoms with van der Waals surface area (Å²) in [5, 5.41) is 5.92. The van der Waals surface area contributed by atoms with E-state index in [4.69, 9.17) is 9.47 Å². The van der Waals surface area contributed by atoms with Gasteiger partial charge in [-0.25, -0.2) is 4.39 Å². The van der Waals surface area contributed by atoms with Gasteiger partial charge in [0, 0.05) is 44.3 Å². The van der Waals surface area contributed by atoms with Crippen molar-refractivity contribution >= 4 is 17.7 Å². The Labute approximate surface area is 221 Å². The van der Waals surface area contributed by atoms with E-state index in [2.05, 4.69) is 10.6 Å². The third kappa shape index (κ3) is 6.24. The average molecular weight is 525 g/mol.